The fourth-order valence-corrected chi connectivity index (χ4v) is 2.74. The van der Waals surface area contributed by atoms with E-state index in [9.17, 15) is 15.0 Å². The third-order valence-electron chi connectivity index (χ3n) is 4.20. The van der Waals surface area contributed by atoms with Gasteiger partial charge in [0.1, 0.15) is 0 Å². The molecule has 0 amide bonds. The predicted octanol–water partition coefficient (Wildman–Crippen LogP) is 3.60. The Labute approximate surface area is 140 Å². The molecule has 0 saturated carbocycles. The molecule has 138 valence electrons. The molecule has 0 fully saturated rings. The first-order valence-electron chi connectivity index (χ1n) is 9.25. The van der Waals surface area contributed by atoms with Crippen LogP contribution in [-0.2, 0) is 4.79 Å². The van der Waals surface area contributed by atoms with Gasteiger partial charge in [0.2, 0.25) is 0 Å². The van der Waals surface area contributed by atoms with Gasteiger partial charge in [0.25, 0.3) is 0 Å². The number of unbranched alkanes of at least 4 members (excludes halogenated alkanes) is 10. The molecule has 0 rings (SSSR count). The van der Waals surface area contributed by atoms with Crippen molar-refractivity contribution in [3.8, 4) is 0 Å². The van der Waals surface area contributed by atoms with Crippen molar-refractivity contribution in [2.75, 3.05) is 6.61 Å². The molecule has 0 aliphatic rings. The summed E-state index contributed by atoms with van der Waals surface area (Å²) in [6.45, 7) is 0.260. The van der Waals surface area contributed by atoms with Crippen molar-refractivity contribution in [3.05, 3.63) is 0 Å². The minimum absolute atomic E-state index is 0.246. The molecule has 5 heteroatoms. The Balaban J connectivity index is 3.37. The van der Waals surface area contributed by atoms with E-state index in [4.69, 9.17) is 10.2 Å². The first kappa shape index (κ1) is 22.4. The third kappa shape index (κ3) is 17.5. The van der Waals surface area contributed by atoms with Gasteiger partial charge in [0.15, 0.2) is 5.79 Å². The van der Waals surface area contributed by atoms with Gasteiger partial charge in [0, 0.05) is 25.9 Å². The van der Waals surface area contributed by atoms with Gasteiger partial charge in [-0.05, 0) is 25.7 Å². The maximum Gasteiger partial charge on any atom is 0.303 e. The van der Waals surface area contributed by atoms with Crippen LogP contribution in [0.4, 0.5) is 0 Å². The van der Waals surface area contributed by atoms with Gasteiger partial charge in [-0.15, -0.1) is 0 Å². The molecule has 0 radical (unpaired) electrons. The molecule has 0 aromatic heterocycles. The zero-order valence-corrected chi connectivity index (χ0v) is 14.5. The van der Waals surface area contributed by atoms with E-state index in [-0.39, 0.29) is 13.0 Å². The number of carbonyl (C=O) groups is 1. The van der Waals surface area contributed by atoms with Crippen LogP contribution < -0.4 is 0 Å². The number of carboxylic acids is 1. The van der Waals surface area contributed by atoms with Crippen LogP contribution in [0.3, 0.4) is 0 Å². The van der Waals surface area contributed by atoms with Crippen molar-refractivity contribution in [1.82, 2.24) is 0 Å². The second kappa shape index (κ2) is 14.9. The van der Waals surface area contributed by atoms with Crippen LogP contribution in [0, 0.1) is 0 Å². The zero-order chi connectivity index (χ0) is 17.4. The maximum atomic E-state index is 10.4. The fourth-order valence-electron chi connectivity index (χ4n) is 2.74. The molecule has 0 bridgehead atoms. The molecule has 0 aliphatic carbocycles. The molecule has 0 atom stereocenters. The van der Waals surface area contributed by atoms with Crippen molar-refractivity contribution >= 4 is 5.97 Å². The van der Waals surface area contributed by atoms with E-state index in [2.05, 4.69) is 0 Å². The monoisotopic (exact) mass is 332 g/mol. The summed E-state index contributed by atoms with van der Waals surface area (Å²) in [5.74, 6) is -2.27. The van der Waals surface area contributed by atoms with Crippen molar-refractivity contribution in [1.29, 1.82) is 0 Å². The number of hydrogen-bond acceptors (Lipinski definition) is 4. The van der Waals surface area contributed by atoms with Crippen LogP contribution in [0.25, 0.3) is 0 Å². The normalized spacial score (nSPS) is 11.8. The van der Waals surface area contributed by atoms with E-state index in [1.165, 1.54) is 0 Å². The summed E-state index contributed by atoms with van der Waals surface area (Å²) in [4.78, 5) is 10.4. The summed E-state index contributed by atoms with van der Waals surface area (Å²) < 4.78 is 0. The van der Waals surface area contributed by atoms with Gasteiger partial charge in [-0.3, -0.25) is 4.79 Å². The molecule has 0 spiro atoms. The van der Waals surface area contributed by atoms with Crippen LogP contribution in [0.15, 0.2) is 0 Å². The zero-order valence-electron chi connectivity index (χ0n) is 14.5. The lowest BCUT2D eigenvalue weighted by Gasteiger charge is -2.21. The van der Waals surface area contributed by atoms with Gasteiger partial charge >= 0.3 is 5.97 Å². The van der Waals surface area contributed by atoms with E-state index < -0.39 is 11.8 Å². The lowest BCUT2D eigenvalue weighted by molar-refractivity contribution is -0.172. The highest BCUT2D eigenvalue weighted by atomic mass is 16.5. The summed E-state index contributed by atoms with van der Waals surface area (Å²) >= 11 is 0. The molecule has 4 N–H and O–H groups in total. The number of aliphatic hydroxyl groups is 3. The quantitative estimate of drug-likeness (QED) is 0.241. The second-order valence-electron chi connectivity index (χ2n) is 6.59. The molecule has 23 heavy (non-hydrogen) atoms. The lowest BCUT2D eigenvalue weighted by Crippen LogP contribution is -2.27. The summed E-state index contributed by atoms with van der Waals surface area (Å²) in [6.07, 6.45) is 12.5. The lowest BCUT2D eigenvalue weighted by atomic mass is 9.99. The Kier molecular flexibility index (Phi) is 14.5. The number of carboxylic acid groups (broad SMARTS) is 1. The average Bonchev–Trinajstić information content (AvgIpc) is 2.48. The van der Waals surface area contributed by atoms with Crippen LogP contribution in [-0.4, -0.2) is 38.8 Å². The van der Waals surface area contributed by atoms with Crippen LogP contribution in [0.5, 0.6) is 0 Å². The van der Waals surface area contributed by atoms with Crippen LogP contribution in [0.2, 0.25) is 0 Å². The van der Waals surface area contributed by atoms with Gasteiger partial charge in [0.05, 0.1) is 0 Å². The van der Waals surface area contributed by atoms with Gasteiger partial charge < -0.3 is 20.4 Å². The van der Waals surface area contributed by atoms with E-state index in [0.717, 1.165) is 77.0 Å². The molecule has 0 aromatic rings. The van der Waals surface area contributed by atoms with E-state index in [0.29, 0.717) is 12.8 Å². The Bertz CT molecular complexity index is 279. The van der Waals surface area contributed by atoms with Crippen molar-refractivity contribution in [3.63, 3.8) is 0 Å². The Hall–Kier alpha value is -0.650. The first-order valence-corrected chi connectivity index (χ1v) is 9.25. The molecule has 0 heterocycles. The first-order chi connectivity index (χ1) is 11.0. The molecule has 5 nitrogen and oxygen atoms in total. The molecular formula is C18H36O5. The molecule has 0 aliphatic heterocycles. The SMILES string of the molecule is O=C(O)CCCCCCCCC(O)(O)CCCCCCCCO. The standard InChI is InChI=1S/C18H36O5/c19-16-12-8-4-3-7-11-15-18(22,23)14-10-6-2-1-5-9-13-17(20)21/h19,22-23H,1-16H2,(H,20,21). The summed E-state index contributed by atoms with van der Waals surface area (Å²) in [6, 6.07) is 0. The third-order valence-corrected chi connectivity index (χ3v) is 4.20. The highest BCUT2D eigenvalue weighted by Crippen LogP contribution is 2.20. The minimum Gasteiger partial charge on any atom is -0.481 e. The van der Waals surface area contributed by atoms with Crippen LogP contribution >= 0.6 is 0 Å². The van der Waals surface area contributed by atoms with E-state index in [1.807, 2.05) is 0 Å². The average molecular weight is 332 g/mol. The maximum absolute atomic E-state index is 10.4. The largest absolute Gasteiger partial charge is 0.481 e. The topological polar surface area (TPSA) is 98.0 Å². The Morgan fingerprint density at radius 1 is 0.652 bits per heavy atom. The van der Waals surface area contributed by atoms with Crippen molar-refractivity contribution < 1.29 is 25.2 Å². The minimum atomic E-state index is -1.53. The highest BCUT2D eigenvalue weighted by Gasteiger charge is 2.21. The summed E-state index contributed by atoms with van der Waals surface area (Å²) in [5.41, 5.74) is 0. The second-order valence-corrected chi connectivity index (χ2v) is 6.59. The molecule has 0 saturated heterocycles. The summed E-state index contributed by atoms with van der Waals surface area (Å²) in [7, 11) is 0. The molecule has 0 unspecified atom stereocenters. The number of aliphatic carboxylic acids is 1. The summed E-state index contributed by atoms with van der Waals surface area (Å²) in [5, 5.41) is 37.0. The van der Waals surface area contributed by atoms with E-state index in [1.54, 1.807) is 0 Å². The van der Waals surface area contributed by atoms with Gasteiger partial charge in [-0.2, -0.15) is 0 Å². The van der Waals surface area contributed by atoms with E-state index >= 15 is 0 Å². The molecular weight excluding hydrogens is 296 g/mol. The highest BCUT2D eigenvalue weighted by molar-refractivity contribution is 5.66. The smallest absolute Gasteiger partial charge is 0.303 e. The number of hydrogen-bond donors (Lipinski definition) is 4. The molecule has 0 aromatic carbocycles. The van der Waals surface area contributed by atoms with Crippen molar-refractivity contribution in [2.45, 2.75) is 102 Å². The Morgan fingerprint density at radius 2 is 1.04 bits per heavy atom. The number of rotatable bonds is 17. The predicted molar refractivity (Wildman–Crippen MR) is 91.1 cm³/mol. The number of aliphatic hydroxyl groups excluding tert-OH is 1. The van der Waals surface area contributed by atoms with Crippen molar-refractivity contribution in [2.24, 2.45) is 0 Å². The van der Waals surface area contributed by atoms with Gasteiger partial charge in [-0.25, -0.2) is 0 Å². The Morgan fingerprint density at radius 3 is 1.48 bits per heavy atom. The van der Waals surface area contributed by atoms with Crippen LogP contribution in [0.1, 0.15) is 96.3 Å². The van der Waals surface area contributed by atoms with Gasteiger partial charge in [-0.1, -0.05) is 51.4 Å². The fraction of sp³-hybridized carbons (Fsp3) is 0.944.